The summed E-state index contributed by atoms with van der Waals surface area (Å²) in [6.45, 7) is 4.19. The Morgan fingerprint density at radius 2 is 1.43 bits per heavy atom. The molecular formula is C32H24N3OPt-. The van der Waals surface area contributed by atoms with Gasteiger partial charge in [0.2, 0.25) is 0 Å². The van der Waals surface area contributed by atoms with Crippen LogP contribution in [0.25, 0.3) is 50.5 Å². The predicted octanol–water partition coefficient (Wildman–Crippen LogP) is 7.54. The average Bonchev–Trinajstić information content (AvgIpc) is 3.28. The summed E-state index contributed by atoms with van der Waals surface area (Å²) in [5.74, 6) is 0.894. The molecule has 0 saturated heterocycles. The molecule has 0 atom stereocenters. The van der Waals surface area contributed by atoms with Crippen LogP contribution in [0.15, 0.2) is 103 Å². The second kappa shape index (κ2) is 10.2. The molecule has 0 amide bonds. The van der Waals surface area contributed by atoms with E-state index in [2.05, 4.69) is 71.9 Å². The minimum Gasteiger partial charge on any atom is -0.507 e. The third kappa shape index (κ3) is 4.61. The summed E-state index contributed by atoms with van der Waals surface area (Å²) in [6.07, 6.45) is 1.79. The summed E-state index contributed by atoms with van der Waals surface area (Å²) < 4.78 is 2.14. The number of hydrogen-bond donors (Lipinski definition) is 1. The molecule has 0 unspecified atom stereocenters. The van der Waals surface area contributed by atoms with Crippen LogP contribution >= 0.6 is 0 Å². The SMILES string of the molecule is Cc1cc(C)cc(-n2c(-c3ccccc3O)nc3c(-c4[c-]c(-c5ccccn5)ccc4)cccc32)c1.[Pt]. The van der Waals surface area contributed by atoms with Crippen molar-refractivity contribution >= 4 is 11.0 Å². The Hall–Kier alpha value is -4.01. The summed E-state index contributed by atoms with van der Waals surface area (Å²) in [5.41, 5.74) is 9.58. The largest absolute Gasteiger partial charge is 0.507 e. The smallest absolute Gasteiger partial charge is 0.148 e. The maximum Gasteiger partial charge on any atom is 0.148 e. The molecular weight excluding hydrogens is 637 g/mol. The number of aryl methyl sites for hydroxylation is 2. The second-order valence-electron chi connectivity index (χ2n) is 9.00. The van der Waals surface area contributed by atoms with E-state index in [9.17, 15) is 5.11 Å². The maximum absolute atomic E-state index is 10.8. The van der Waals surface area contributed by atoms with Crippen LogP contribution in [0.3, 0.4) is 0 Å². The molecule has 0 radical (unpaired) electrons. The average molecular weight is 662 g/mol. The van der Waals surface area contributed by atoms with Gasteiger partial charge in [-0.05, 0) is 61.4 Å². The molecule has 4 aromatic carbocycles. The summed E-state index contributed by atoms with van der Waals surface area (Å²) >= 11 is 0. The summed E-state index contributed by atoms with van der Waals surface area (Å²) in [4.78, 5) is 9.62. The van der Waals surface area contributed by atoms with Crippen LogP contribution in [-0.2, 0) is 21.1 Å². The van der Waals surface area contributed by atoms with Gasteiger partial charge < -0.3 is 5.11 Å². The van der Waals surface area contributed by atoms with Gasteiger partial charge in [-0.2, -0.15) is 0 Å². The first-order chi connectivity index (χ1) is 17.6. The number of fused-ring (bicyclic) bond motifs is 1. The normalized spacial score (nSPS) is 10.9. The van der Waals surface area contributed by atoms with Crippen LogP contribution in [0.1, 0.15) is 11.1 Å². The van der Waals surface area contributed by atoms with E-state index in [1.165, 1.54) is 11.1 Å². The van der Waals surface area contributed by atoms with E-state index in [4.69, 9.17) is 4.98 Å². The van der Waals surface area contributed by atoms with E-state index in [-0.39, 0.29) is 26.8 Å². The zero-order valence-corrected chi connectivity index (χ0v) is 22.7. The van der Waals surface area contributed by atoms with Gasteiger partial charge in [0, 0.05) is 38.6 Å². The minimum atomic E-state index is 0. The van der Waals surface area contributed by atoms with Crippen LogP contribution in [0.4, 0.5) is 0 Å². The molecule has 0 spiro atoms. The zero-order chi connectivity index (χ0) is 24.6. The van der Waals surface area contributed by atoms with Crippen LogP contribution in [-0.4, -0.2) is 19.6 Å². The van der Waals surface area contributed by atoms with Crippen molar-refractivity contribution in [2.24, 2.45) is 0 Å². The molecule has 0 aliphatic carbocycles. The van der Waals surface area contributed by atoms with Crippen molar-refractivity contribution in [2.75, 3.05) is 0 Å². The molecule has 2 aromatic heterocycles. The fourth-order valence-electron chi connectivity index (χ4n) is 4.80. The fraction of sp³-hybridized carbons (Fsp3) is 0.0625. The fourth-order valence-corrected chi connectivity index (χ4v) is 4.80. The summed E-state index contributed by atoms with van der Waals surface area (Å²) in [7, 11) is 0. The molecule has 5 heteroatoms. The van der Waals surface area contributed by atoms with Crippen molar-refractivity contribution in [3.8, 4) is 45.2 Å². The number of nitrogens with zero attached hydrogens (tertiary/aromatic N) is 3. The number of aromatic nitrogens is 3. The Kier molecular flexibility index (Phi) is 6.77. The van der Waals surface area contributed by atoms with E-state index >= 15 is 0 Å². The van der Waals surface area contributed by atoms with E-state index in [0.29, 0.717) is 11.4 Å². The Morgan fingerprint density at radius 1 is 0.730 bits per heavy atom. The number of rotatable bonds is 4. The first kappa shape index (κ1) is 24.7. The van der Waals surface area contributed by atoms with E-state index < -0.39 is 0 Å². The third-order valence-corrected chi connectivity index (χ3v) is 6.32. The maximum atomic E-state index is 10.8. The van der Waals surface area contributed by atoms with Gasteiger partial charge in [-0.15, -0.1) is 29.8 Å². The van der Waals surface area contributed by atoms with Crippen molar-refractivity contribution < 1.29 is 26.2 Å². The number of benzene rings is 4. The van der Waals surface area contributed by atoms with Crippen molar-refractivity contribution in [1.29, 1.82) is 0 Å². The quantitative estimate of drug-likeness (QED) is 0.199. The van der Waals surface area contributed by atoms with E-state index in [0.717, 1.165) is 39.1 Å². The van der Waals surface area contributed by atoms with Gasteiger partial charge >= 0.3 is 0 Å². The molecule has 0 bridgehead atoms. The second-order valence-corrected chi connectivity index (χ2v) is 9.00. The van der Waals surface area contributed by atoms with Crippen molar-refractivity contribution in [3.63, 3.8) is 0 Å². The first-order valence-corrected chi connectivity index (χ1v) is 11.9. The number of pyridine rings is 1. The van der Waals surface area contributed by atoms with Crippen molar-refractivity contribution in [3.05, 3.63) is 120 Å². The molecule has 6 aromatic rings. The molecule has 0 fully saturated rings. The van der Waals surface area contributed by atoms with Gasteiger partial charge in [0.15, 0.2) is 0 Å². The minimum absolute atomic E-state index is 0. The Labute approximate surface area is 230 Å². The molecule has 6 rings (SSSR count). The number of imidazole rings is 1. The van der Waals surface area contributed by atoms with E-state index in [1.54, 1.807) is 12.3 Å². The van der Waals surface area contributed by atoms with Gasteiger partial charge in [0.05, 0.1) is 16.6 Å². The van der Waals surface area contributed by atoms with Gasteiger partial charge in [-0.1, -0.05) is 53.6 Å². The molecule has 0 saturated carbocycles. The number of phenols is 1. The summed E-state index contributed by atoms with van der Waals surface area (Å²) in [6, 6.07) is 35.5. The zero-order valence-electron chi connectivity index (χ0n) is 20.4. The first-order valence-electron chi connectivity index (χ1n) is 11.9. The number of phenolic OH excluding ortho intramolecular Hbond substituents is 1. The predicted molar refractivity (Wildman–Crippen MR) is 145 cm³/mol. The number of aromatic hydroxyl groups is 1. The van der Waals surface area contributed by atoms with Crippen LogP contribution in [0.5, 0.6) is 5.75 Å². The van der Waals surface area contributed by atoms with Crippen LogP contribution < -0.4 is 0 Å². The molecule has 184 valence electrons. The molecule has 0 aliphatic rings. The van der Waals surface area contributed by atoms with Gasteiger partial charge in [0.1, 0.15) is 11.6 Å². The van der Waals surface area contributed by atoms with Gasteiger partial charge in [-0.25, -0.2) is 4.98 Å². The summed E-state index contributed by atoms with van der Waals surface area (Å²) in [5, 5.41) is 10.8. The topological polar surface area (TPSA) is 50.9 Å². The van der Waals surface area contributed by atoms with Crippen molar-refractivity contribution in [2.45, 2.75) is 13.8 Å². The van der Waals surface area contributed by atoms with Crippen molar-refractivity contribution in [1.82, 2.24) is 14.5 Å². The monoisotopic (exact) mass is 661 g/mol. The molecule has 0 aliphatic heterocycles. The molecule has 2 heterocycles. The van der Waals surface area contributed by atoms with Gasteiger partial charge in [-0.3, -0.25) is 9.55 Å². The molecule has 1 N–H and O–H groups in total. The molecule has 37 heavy (non-hydrogen) atoms. The Bertz CT molecular complexity index is 1700. The standard InChI is InChI=1S/C32H24N3O.Pt/c1-21-17-22(2)19-25(18-21)35-29-14-8-12-26(31(29)34-32(35)27-11-3-4-15-30(27)36)23-9-7-10-24(20-23)28-13-5-6-16-33-28;/h3-19,36H,1-2H3;/q-1;. The Balaban J connectivity index is 0.00000280. The Morgan fingerprint density at radius 3 is 2.19 bits per heavy atom. The number of para-hydroxylation sites is 2. The number of hydrogen-bond acceptors (Lipinski definition) is 3. The van der Waals surface area contributed by atoms with Gasteiger partial charge in [0.25, 0.3) is 0 Å². The van der Waals surface area contributed by atoms with E-state index in [1.807, 2.05) is 48.5 Å². The molecule has 4 nitrogen and oxygen atoms in total. The third-order valence-electron chi connectivity index (χ3n) is 6.32. The van der Waals surface area contributed by atoms with Crippen LogP contribution in [0.2, 0.25) is 0 Å². The van der Waals surface area contributed by atoms with Crippen LogP contribution in [0, 0.1) is 19.9 Å².